The predicted molar refractivity (Wildman–Crippen MR) is 66.6 cm³/mol. The fourth-order valence-electron chi connectivity index (χ4n) is 1.46. The molecule has 0 unspecified atom stereocenters. The Hall–Kier alpha value is -2.29. The second kappa shape index (κ2) is 5.16. The summed E-state index contributed by atoms with van der Waals surface area (Å²) in [5.41, 5.74) is 7.14. The molecule has 0 bridgehead atoms. The maximum atomic E-state index is 11.6. The standard InChI is InChI=1S/C14H13NO2/c15-12-8-6-11(7-9-12)10-14(16)17-13-4-2-1-3-5-13/h1-9H,10,15H2. The average molecular weight is 227 g/mol. The van der Waals surface area contributed by atoms with E-state index >= 15 is 0 Å². The SMILES string of the molecule is Nc1ccc(CC(=O)Oc2ccccc2)cc1. The van der Waals surface area contributed by atoms with Gasteiger partial charge >= 0.3 is 5.97 Å². The van der Waals surface area contributed by atoms with Crippen molar-refractivity contribution in [2.45, 2.75) is 6.42 Å². The minimum atomic E-state index is -0.277. The van der Waals surface area contributed by atoms with Crippen molar-refractivity contribution in [1.29, 1.82) is 0 Å². The van der Waals surface area contributed by atoms with Crippen LogP contribution in [0.4, 0.5) is 5.69 Å². The molecule has 0 spiro atoms. The molecule has 0 saturated carbocycles. The fourth-order valence-corrected chi connectivity index (χ4v) is 1.46. The molecule has 0 fully saturated rings. The van der Waals surface area contributed by atoms with Gasteiger partial charge in [-0.2, -0.15) is 0 Å². The normalized spacial score (nSPS) is 9.88. The summed E-state index contributed by atoms with van der Waals surface area (Å²) in [6, 6.07) is 16.2. The maximum Gasteiger partial charge on any atom is 0.315 e. The number of ether oxygens (including phenoxy) is 1. The van der Waals surface area contributed by atoms with Gasteiger partial charge in [0.2, 0.25) is 0 Å². The van der Waals surface area contributed by atoms with Crippen LogP contribution >= 0.6 is 0 Å². The average Bonchev–Trinajstić information content (AvgIpc) is 2.33. The van der Waals surface area contributed by atoms with E-state index in [1.165, 1.54) is 0 Å². The molecule has 3 nitrogen and oxygen atoms in total. The van der Waals surface area contributed by atoms with Gasteiger partial charge in [0, 0.05) is 5.69 Å². The number of benzene rings is 2. The first-order valence-corrected chi connectivity index (χ1v) is 5.34. The van der Waals surface area contributed by atoms with Crippen molar-refractivity contribution in [3.05, 3.63) is 60.2 Å². The van der Waals surface area contributed by atoms with E-state index in [1.807, 2.05) is 30.3 Å². The number of nitrogen functional groups attached to an aromatic ring is 1. The first kappa shape index (κ1) is 11.2. The zero-order chi connectivity index (χ0) is 12.1. The van der Waals surface area contributed by atoms with Crippen molar-refractivity contribution in [2.24, 2.45) is 0 Å². The van der Waals surface area contributed by atoms with Crippen LogP contribution in [0.3, 0.4) is 0 Å². The molecule has 0 radical (unpaired) electrons. The third kappa shape index (κ3) is 3.34. The molecule has 0 aliphatic rings. The zero-order valence-electron chi connectivity index (χ0n) is 9.30. The summed E-state index contributed by atoms with van der Waals surface area (Å²) in [4.78, 5) is 11.6. The summed E-state index contributed by atoms with van der Waals surface area (Å²) in [6.45, 7) is 0. The van der Waals surface area contributed by atoms with Crippen LogP contribution in [-0.4, -0.2) is 5.97 Å². The van der Waals surface area contributed by atoms with Gasteiger partial charge in [-0.25, -0.2) is 0 Å². The Balaban J connectivity index is 1.96. The highest BCUT2D eigenvalue weighted by atomic mass is 16.5. The van der Waals surface area contributed by atoms with Crippen molar-refractivity contribution in [3.63, 3.8) is 0 Å². The summed E-state index contributed by atoms with van der Waals surface area (Å²) in [5, 5.41) is 0. The number of hydrogen-bond acceptors (Lipinski definition) is 3. The Kier molecular flexibility index (Phi) is 3.40. The van der Waals surface area contributed by atoms with Crippen LogP contribution in [-0.2, 0) is 11.2 Å². The van der Waals surface area contributed by atoms with E-state index in [9.17, 15) is 4.79 Å². The summed E-state index contributed by atoms with van der Waals surface area (Å²) >= 11 is 0. The lowest BCUT2D eigenvalue weighted by Crippen LogP contribution is -2.11. The van der Waals surface area contributed by atoms with Crippen LogP contribution in [0.5, 0.6) is 5.75 Å². The lowest BCUT2D eigenvalue weighted by atomic mass is 10.1. The number of esters is 1. The van der Waals surface area contributed by atoms with E-state index in [1.54, 1.807) is 24.3 Å². The maximum absolute atomic E-state index is 11.6. The summed E-state index contributed by atoms with van der Waals surface area (Å²) in [5.74, 6) is 0.286. The third-order valence-electron chi connectivity index (χ3n) is 2.30. The fraction of sp³-hybridized carbons (Fsp3) is 0.0714. The molecule has 0 heterocycles. The van der Waals surface area contributed by atoms with Crippen molar-refractivity contribution < 1.29 is 9.53 Å². The van der Waals surface area contributed by atoms with Crippen molar-refractivity contribution in [2.75, 3.05) is 5.73 Å². The number of para-hydroxylation sites is 1. The van der Waals surface area contributed by atoms with Gasteiger partial charge in [-0.15, -0.1) is 0 Å². The van der Waals surface area contributed by atoms with Gasteiger partial charge in [0.25, 0.3) is 0 Å². The number of carbonyl (C=O) groups excluding carboxylic acids is 1. The van der Waals surface area contributed by atoms with Crippen LogP contribution in [0.25, 0.3) is 0 Å². The molecule has 3 heteroatoms. The van der Waals surface area contributed by atoms with Crippen molar-refractivity contribution in [3.8, 4) is 5.75 Å². The number of nitrogens with two attached hydrogens (primary N) is 1. The molecule has 0 atom stereocenters. The van der Waals surface area contributed by atoms with E-state index in [0.29, 0.717) is 11.4 Å². The van der Waals surface area contributed by atoms with E-state index in [4.69, 9.17) is 10.5 Å². The van der Waals surface area contributed by atoms with Crippen molar-refractivity contribution >= 4 is 11.7 Å². The predicted octanol–water partition coefficient (Wildman–Crippen LogP) is 2.42. The molecule has 2 rings (SSSR count). The Bertz CT molecular complexity index is 491. The summed E-state index contributed by atoms with van der Waals surface area (Å²) in [6.07, 6.45) is 0.245. The molecule has 0 aliphatic carbocycles. The second-order valence-corrected chi connectivity index (χ2v) is 3.71. The molecule has 17 heavy (non-hydrogen) atoms. The first-order valence-electron chi connectivity index (χ1n) is 5.34. The monoisotopic (exact) mass is 227 g/mol. The zero-order valence-corrected chi connectivity index (χ0v) is 9.30. The molecular formula is C14H13NO2. The third-order valence-corrected chi connectivity index (χ3v) is 2.30. The number of rotatable bonds is 3. The molecule has 0 saturated heterocycles. The Morgan fingerprint density at radius 2 is 1.65 bits per heavy atom. The quantitative estimate of drug-likeness (QED) is 0.497. The molecule has 2 N–H and O–H groups in total. The molecule has 86 valence electrons. The highest BCUT2D eigenvalue weighted by molar-refractivity contribution is 5.75. The molecule has 2 aromatic carbocycles. The summed E-state index contributed by atoms with van der Waals surface area (Å²) in [7, 11) is 0. The van der Waals surface area contributed by atoms with Crippen molar-refractivity contribution in [1.82, 2.24) is 0 Å². The van der Waals surface area contributed by atoms with Gasteiger partial charge in [-0.1, -0.05) is 30.3 Å². The van der Waals surface area contributed by atoms with Crippen LogP contribution < -0.4 is 10.5 Å². The summed E-state index contributed by atoms with van der Waals surface area (Å²) < 4.78 is 5.18. The Morgan fingerprint density at radius 3 is 2.29 bits per heavy atom. The number of anilines is 1. The van der Waals surface area contributed by atoms with Crippen LogP contribution in [0.1, 0.15) is 5.56 Å². The number of hydrogen-bond donors (Lipinski definition) is 1. The van der Waals surface area contributed by atoms with E-state index < -0.39 is 0 Å². The van der Waals surface area contributed by atoms with Gasteiger partial charge in [-0.3, -0.25) is 4.79 Å². The topological polar surface area (TPSA) is 52.3 Å². The van der Waals surface area contributed by atoms with Gasteiger partial charge < -0.3 is 10.5 Å². The highest BCUT2D eigenvalue weighted by Crippen LogP contribution is 2.11. The van der Waals surface area contributed by atoms with Gasteiger partial charge in [-0.05, 0) is 29.8 Å². The van der Waals surface area contributed by atoms with Gasteiger partial charge in [0.15, 0.2) is 0 Å². The van der Waals surface area contributed by atoms with Gasteiger partial charge in [0.05, 0.1) is 6.42 Å². The van der Waals surface area contributed by atoms with Crippen LogP contribution in [0, 0.1) is 0 Å². The van der Waals surface area contributed by atoms with E-state index in [0.717, 1.165) is 5.56 Å². The highest BCUT2D eigenvalue weighted by Gasteiger charge is 2.05. The van der Waals surface area contributed by atoms with E-state index in [2.05, 4.69) is 0 Å². The first-order chi connectivity index (χ1) is 8.24. The van der Waals surface area contributed by atoms with Crippen LogP contribution in [0.2, 0.25) is 0 Å². The Labute approximate surface area is 99.8 Å². The molecule has 0 amide bonds. The minimum absolute atomic E-state index is 0.245. The number of carbonyl (C=O) groups is 1. The van der Waals surface area contributed by atoms with E-state index in [-0.39, 0.29) is 12.4 Å². The lowest BCUT2D eigenvalue weighted by molar-refractivity contribution is -0.133. The Morgan fingerprint density at radius 1 is 1.00 bits per heavy atom. The molecular weight excluding hydrogens is 214 g/mol. The largest absolute Gasteiger partial charge is 0.426 e. The second-order valence-electron chi connectivity index (χ2n) is 3.71. The van der Waals surface area contributed by atoms with Crippen LogP contribution in [0.15, 0.2) is 54.6 Å². The molecule has 0 aromatic heterocycles. The lowest BCUT2D eigenvalue weighted by Gasteiger charge is -2.04. The van der Waals surface area contributed by atoms with Gasteiger partial charge in [0.1, 0.15) is 5.75 Å². The minimum Gasteiger partial charge on any atom is -0.426 e. The molecule has 2 aromatic rings. The molecule has 0 aliphatic heterocycles. The smallest absolute Gasteiger partial charge is 0.315 e.